The van der Waals surface area contributed by atoms with E-state index in [-0.39, 0.29) is 0 Å². The molecule has 0 aliphatic carbocycles. The van der Waals surface area contributed by atoms with Gasteiger partial charge in [-0.05, 0) is 47.3 Å². The van der Waals surface area contributed by atoms with Crippen LogP contribution in [0, 0.1) is 5.92 Å². The Morgan fingerprint density at radius 3 is 3.19 bits per heavy atom. The van der Waals surface area contributed by atoms with Crippen molar-refractivity contribution in [3.8, 4) is 0 Å². The number of fused-ring (bicyclic) bond motifs is 2. The lowest BCUT2D eigenvalue weighted by molar-refractivity contribution is -0.0356. The lowest BCUT2D eigenvalue weighted by atomic mass is 9.88. The minimum absolute atomic E-state index is 0.463. The Bertz CT molecular complexity index is 663. The van der Waals surface area contributed by atoms with Gasteiger partial charge in [0.25, 0.3) is 0 Å². The second kappa shape index (κ2) is 5.54. The smallest absolute Gasteiger partial charge is 0.112 e. The lowest BCUT2D eigenvalue weighted by Gasteiger charge is -2.42. The molecular formula is C16H18BrN3O. The normalized spacial score (nSPS) is 25.9. The van der Waals surface area contributed by atoms with Crippen LogP contribution in [0.5, 0.6) is 0 Å². The molecule has 21 heavy (non-hydrogen) atoms. The average Bonchev–Trinajstić information content (AvgIpc) is 2.53. The maximum Gasteiger partial charge on any atom is 0.112 e. The van der Waals surface area contributed by atoms with Gasteiger partial charge in [-0.2, -0.15) is 0 Å². The standard InChI is InChI=1S/C16H18BrN3O/c17-12-8-13-16(19-9-12)14(3-5-18-13)20-6-4-15-11(10-20)2-1-7-21-15/h3,5,8-9,11,15H,1-2,4,6-7,10H2/t11-,15-/m1/s1. The molecule has 2 aliphatic rings. The Kier molecular flexibility index (Phi) is 3.55. The largest absolute Gasteiger partial charge is 0.378 e. The zero-order valence-corrected chi connectivity index (χ0v) is 13.4. The van der Waals surface area contributed by atoms with E-state index in [1.165, 1.54) is 18.5 Å². The third-order valence-electron chi connectivity index (χ3n) is 4.58. The Labute approximate surface area is 132 Å². The third kappa shape index (κ3) is 2.53. The number of nitrogens with zero attached hydrogens (tertiary/aromatic N) is 3. The molecule has 4 heterocycles. The summed E-state index contributed by atoms with van der Waals surface area (Å²) < 4.78 is 6.88. The predicted octanol–water partition coefficient (Wildman–Crippen LogP) is 3.40. The number of pyridine rings is 2. The van der Waals surface area contributed by atoms with Gasteiger partial charge in [-0.15, -0.1) is 0 Å². The molecule has 5 heteroatoms. The number of piperidine rings is 1. The van der Waals surface area contributed by atoms with Crippen LogP contribution in [-0.2, 0) is 4.74 Å². The molecule has 0 saturated carbocycles. The molecule has 4 nitrogen and oxygen atoms in total. The van der Waals surface area contributed by atoms with Gasteiger partial charge in [-0.3, -0.25) is 9.97 Å². The number of halogens is 1. The monoisotopic (exact) mass is 347 g/mol. The van der Waals surface area contributed by atoms with E-state index in [1.807, 2.05) is 18.5 Å². The first-order valence-corrected chi connectivity index (χ1v) is 8.37. The molecule has 2 aromatic rings. The fraction of sp³-hybridized carbons (Fsp3) is 0.500. The Morgan fingerprint density at radius 2 is 2.24 bits per heavy atom. The molecule has 0 spiro atoms. The van der Waals surface area contributed by atoms with Crippen molar-refractivity contribution < 1.29 is 4.74 Å². The van der Waals surface area contributed by atoms with E-state index in [0.29, 0.717) is 12.0 Å². The van der Waals surface area contributed by atoms with Gasteiger partial charge in [0.2, 0.25) is 0 Å². The minimum atomic E-state index is 0.463. The second-order valence-corrected chi connectivity index (χ2v) is 6.81. The molecule has 2 saturated heterocycles. The van der Waals surface area contributed by atoms with E-state index >= 15 is 0 Å². The first-order valence-electron chi connectivity index (χ1n) is 7.58. The van der Waals surface area contributed by atoms with Crippen LogP contribution < -0.4 is 4.90 Å². The number of hydrogen-bond donors (Lipinski definition) is 0. The van der Waals surface area contributed by atoms with Crippen LogP contribution >= 0.6 is 15.9 Å². The van der Waals surface area contributed by atoms with Crippen molar-refractivity contribution in [2.24, 2.45) is 5.92 Å². The van der Waals surface area contributed by atoms with Gasteiger partial charge in [0.15, 0.2) is 0 Å². The van der Waals surface area contributed by atoms with Gasteiger partial charge < -0.3 is 9.64 Å². The number of rotatable bonds is 1. The molecule has 2 aromatic heterocycles. The predicted molar refractivity (Wildman–Crippen MR) is 86.5 cm³/mol. The quantitative estimate of drug-likeness (QED) is 0.792. The van der Waals surface area contributed by atoms with E-state index in [4.69, 9.17) is 4.74 Å². The Balaban J connectivity index is 1.67. The summed E-state index contributed by atoms with van der Waals surface area (Å²) in [6.45, 7) is 3.05. The van der Waals surface area contributed by atoms with Gasteiger partial charge in [0.05, 0.1) is 17.3 Å². The van der Waals surface area contributed by atoms with Gasteiger partial charge in [0, 0.05) is 42.5 Å². The maximum atomic E-state index is 5.91. The molecule has 110 valence electrons. The molecule has 2 atom stereocenters. The zero-order chi connectivity index (χ0) is 14.2. The summed E-state index contributed by atoms with van der Waals surface area (Å²) in [5.41, 5.74) is 3.15. The lowest BCUT2D eigenvalue weighted by Crippen LogP contribution is -2.46. The fourth-order valence-corrected chi connectivity index (χ4v) is 3.87. The van der Waals surface area contributed by atoms with Crippen molar-refractivity contribution in [1.82, 2.24) is 9.97 Å². The van der Waals surface area contributed by atoms with E-state index in [2.05, 4.69) is 36.9 Å². The molecule has 0 bridgehead atoms. The summed E-state index contributed by atoms with van der Waals surface area (Å²) in [5.74, 6) is 0.658. The molecular weight excluding hydrogens is 330 g/mol. The van der Waals surface area contributed by atoms with Crippen LogP contribution in [0.15, 0.2) is 29.0 Å². The van der Waals surface area contributed by atoms with Crippen molar-refractivity contribution in [2.45, 2.75) is 25.4 Å². The van der Waals surface area contributed by atoms with E-state index < -0.39 is 0 Å². The summed E-state index contributed by atoms with van der Waals surface area (Å²) in [5, 5.41) is 0. The molecule has 0 radical (unpaired) electrons. The van der Waals surface area contributed by atoms with Crippen molar-refractivity contribution >= 4 is 32.7 Å². The van der Waals surface area contributed by atoms with Crippen LogP contribution in [0.1, 0.15) is 19.3 Å². The number of ether oxygens (including phenoxy) is 1. The molecule has 0 N–H and O–H groups in total. The van der Waals surface area contributed by atoms with E-state index in [0.717, 1.165) is 41.6 Å². The highest BCUT2D eigenvalue weighted by Gasteiger charge is 2.32. The highest BCUT2D eigenvalue weighted by Crippen LogP contribution is 2.33. The number of aromatic nitrogens is 2. The van der Waals surface area contributed by atoms with Crippen LogP contribution in [0.2, 0.25) is 0 Å². The molecule has 2 fully saturated rings. The van der Waals surface area contributed by atoms with Crippen LogP contribution in [-0.4, -0.2) is 35.8 Å². The summed E-state index contributed by atoms with van der Waals surface area (Å²) in [6, 6.07) is 4.12. The van der Waals surface area contributed by atoms with Crippen LogP contribution in [0.4, 0.5) is 5.69 Å². The zero-order valence-electron chi connectivity index (χ0n) is 11.8. The average molecular weight is 348 g/mol. The summed E-state index contributed by atoms with van der Waals surface area (Å²) in [6.07, 6.45) is 7.79. The highest BCUT2D eigenvalue weighted by atomic mass is 79.9. The minimum Gasteiger partial charge on any atom is -0.378 e. The highest BCUT2D eigenvalue weighted by molar-refractivity contribution is 9.10. The van der Waals surface area contributed by atoms with Crippen LogP contribution in [0.3, 0.4) is 0 Å². The molecule has 4 rings (SSSR count). The van der Waals surface area contributed by atoms with Crippen molar-refractivity contribution in [1.29, 1.82) is 0 Å². The van der Waals surface area contributed by atoms with Crippen molar-refractivity contribution in [3.05, 3.63) is 29.0 Å². The Morgan fingerprint density at radius 1 is 1.29 bits per heavy atom. The molecule has 0 aromatic carbocycles. The van der Waals surface area contributed by atoms with Crippen molar-refractivity contribution in [2.75, 3.05) is 24.6 Å². The number of hydrogen-bond acceptors (Lipinski definition) is 4. The van der Waals surface area contributed by atoms with Gasteiger partial charge in [0.1, 0.15) is 5.52 Å². The summed E-state index contributed by atoms with van der Waals surface area (Å²) >= 11 is 3.47. The first kappa shape index (κ1) is 13.5. The molecule has 0 amide bonds. The van der Waals surface area contributed by atoms with Gasteiger partial charge in [-0.25, -0.2) is 0 Å². The first-order chi connectivity index (χ1) is 10.3. The third-order valence-corrected chi connectivity index (χ3v) is 5.01. The van der Waals surface area contributed by atoms with Crippen LogP contribution in [0.25, 0.3) is 11.0 Å². The maximum absolute atomic E-state index is 5.91. The van der Waals surface area contributed by atoms with Crippen molar-refractivity contribution in [3.63, 3.8) is 0 Å². The SMILES string of the molecule is Brc1cnc2c(N3CC[C@H]4OCCC[C@@H]4C3)ccnc2c1. The van der Waals surface area contributed by atoms with Gasteiger partial charge in [-0.1, -0.05) is 0 Å². The topological polar surface area (TPSA) is 38.2 Å². The number of anilines is 1. The van der Waals surface area contributed by atoms with E-state index in [1.54, 1.807) is 0 Å². The Hall–Kier alpha value is -1.20. The van der Waals surface area contributed by atoms with E-state index in [9.17, 15) is 0 Å². The summed E-state index contributed by atoms with van der Waals surface area (Å²) in [7, 11) is 0. The second-order valence-electron chi connectivity index (χ2n) is 5.90. The molecule has 0 unspecified atom stereocenters. The molecule has 2 aliphatic heterocycles. The summed E-state index contributed by atoms with van der Waals surface area (Å²) in [4.78, 5) is 11.5. The van der Waals surface area contributed by atoms with Gasteiger partial charge >= 0.3 is 0 Å². The fourth-order valence-electron chi connectivity index (χ4n) is 3.55.